The zero-order valence-corrected chi connectivity index (χ0v) is 13.2. The van der Waals surface area contributed by atoms with Crippen LogP contribution in [0.2, 0.25) is 0 Å². The Morgan fingerprint density at radius 3 is 2.62 bits per heavy atom. The van der Waals surface area contributed by atoms with Crippen LogP contribution in [0.1, 0.15) is 27.2 Å². The minimum Gasteiger partial charge on any atom is -0.496 e. The van der Waals surface area contributed by atoms with E-state index < -0.39 is 0 Å². The molecular formula is C17H24N2O2. The van der Waals surface area contributed by atoms with Gasteiger partial charge in [-0.15, -0.1) is 0 Å². The summed E-state index contributed by atoms with van der Waals surface area (Å²) in [6.07, 6.45) is 2.47. The van der Waals surface area contributed by atoms with Crippen molar-refractivity contribution in [2.75, 3.05) is 19.0 Å². The molecule has 114 valence electrons. The molecule has 0 aliphatic heterocycles. The number of aliphatic hydroxyl groups excluding tert-OH is 1. The quantitative estimate of drug-likeness (QED) is 0.884. The molecule has 1 unspecified atom stereocenters. The average Bonchev–Trinajstić information content (AvgIpc) is 2.45. The molecule has 0 spiro atoms. The summed E-state index contributed by atoms with van der Waals surface area (Å²) in [5.74, 6) is 1.67. The first kappa shape index (κ1) is 15.6. The fourth-order valence-electron chi connectivity index (χ4n) is 2.49. The SMILES string of the molecule is COc1cccc2c(NC(CCO)C(C)(C)C)nccc12. The zero-order valence-electron chi connectivity index (χ0n) is 13.2. The molecule has 0 amide bonds. The predicted molar refractivity (Wildman–Crippen MR) is 86.9 cm³/mol. The molecule has 4 nitrogen and oxygen atoms in total. The van der Waals surface area contributed by atoms with Gasteiger partial charge in [0, 0.05) is 29.6 Å². The summed E-state index contributed by atoms with van der Waals surface area (Å²) in [7, 11) is 1.67. The third-order valence-electron chi connectivity index (χ3n) is 3.76. The number of anilines is 1. The number of nitrogens with one attached hydrogen (secondary N) is 1. The molecule has 21 heavy (non-hydrogen) atoms. The molecule has 0 aliphatic carbocycles. The second-order valence-corrected chi connectivity index (χ2v) is 6.29. The van der Waals surface area contributed by atoms with Crippen molar-refractivity contribution in [1.29, 1.82) is 0 Å². The van der Waals surface area contributed by atoms with Crippen LogP contribution < -0.4 is 10.1 Å². The van der Waals surface area contributed by atoms with Gasteiger partial charge in [-0.2, -0.15) is 0 Å². The van der Waals surface area contributed by atoms with Gasteiger partial charge in [-0.3, -0.25) is 0 Å². The Balaban J connectivity index is 2.42. The number of benzene rings is 1. The van der Waals surface area contributed by atoms with Crippen LogP contribution in [0.3, 0.4) is 0 Å². The maximum Gasteiger partial charge on any atom is 0.134 e. The second kappa shape index (κ2) is 6.31. The highest BCUT2D eigenvalue weighted by atomic mass is 16.5. The lowest BCUT2D eigenvalue weighted by Crippen LogP contribution is -2.35. The third kappa shape index (κ3) is 3.45. The normalized spacial score (nSPS) is 13.2. The number of aromatic nitrogens is 1. The van der Waals surface area contributed by atoms with Gasteiger partial charge in [0.05, 0.1) is 7.11 Å². The maximum absolute atomic E-state index is 9.29. The third-order valence-corrected chi connectivity index (χ3v) is 3.76. The standard InChI is InChI=1S/C17H24N2O2/c1-17(2,3)15(9-11-20)19-16-13-6-5-7-14(21-4)12(13)8-10-18-16/h5-8,10,15,20H,9,11H2,1-4H3,(H,18,19). The number of fused-ring (bicyclic) bond motifs is 1. The van der Waals surface area contributed by atoms with Crippen molar-refractivity contribution in [3.63, 3.8) is 0 Å². The fraction of sp³-hybridized carbons (Fsp3) is 0.471. The summed E-state index contributed by atoms with van der Waals surface area (Å²) in [6.45, 7) is 6.63. The monoisotopic (exact) mass is 288 g/mol. The number of hydrogen-bond acceptors (Lipinski definition) is 4. The Morgan fingerprint density at radius 1 is 1.24 bits per heavy atom. The summed E-state index contributed by atoms with van der Waals surface area (Å²) in [6, 6.07) is 8.04. The molecule has 2 N–H and O–H groups in total. The number of rotatable bonds is 5. The van der Waals surface area contributed by atoms with Gasteiger partial charge in [0.25, 0.3) is 0 Å². The molecule has 0 saturated carbocycles. The van der Waals surface area contributed by atoms with Crippen LogP contribution in [-0.4, -0.2) is 29.8 Å². The molecule has 0 radical (unpaired) electrons. The van der Waals surface area contributed by atoms with E-state index in [9.17, 15) is 5.11 Å². The lowest BCUT2D eigenvalue weighted by molar-refractivity contribution is 0.235. The van der Waals surface area contributed by atoms with Crippen molar-refractivity contribution in [2.24, 2.45) is 5.41 Å². The van der Waals surface area contributed by atoms with E-state index in [0.29, 0.717) is 6.42 Å². The van der Waals surface area contributed by atoms with Crippen molar-refractivity contribution in [3.8, 4) is 5.75 Å². The number of hydrogen-bond donors (Lipinski definition) is 2. The molecule has 4 heteroatoms. The van der Waals surface area contributed by atoms with Crippen LogP contribution in [0.4, 0.5) is 5.82 Å². The Kier molecular flexibility index (Phi) is 4.68. The number of nitrogens with zero attached hydrogens (tertiary/aromatic N) is 1. The van der Waals surface area contributed by atoms with E-state index >= 15 is 0 Å². The van der Waals surface area contributed by atoms with Crippen molar-refractivity contribution < 1.29 is 9.84 Å². The van der Waals surface area contributed by atoms with Crippen LogP contribution in [0.25, 0.3) is 10.8 Å². The molecule has 0 bridgehead atoms. The first-order valence-electron chi connectivity index (χ1n) is 7.26. The highest BCUT2D eigenvalue weighted by Crippen LogP contribution is 2.31. The van der Waals surface area contributed by atoms with Crippen LogP contribution >= 0.6 is 0 Å². The summed E-state index contributed by atoms with van der Waals surface area (Å²) in [5.41, 5.74) is 0.0332. The number of aliphatic hydroxyl groups is 1. The van der Waals surface area contributed by atoms with Crippen LogP contribution in [0.5, 0.6) is 5.75 Å². The molecule has 1 aromatic carbocycles. The Morgan fingerprint density at radius 2 is 2.00 bits per heavy atom. The fourth-order valence-corrected chi connectivity index (χ4v) is 2.49. The summed E-state index contributed by atoms with van der Waals surface area (Å²) in [4.78, 5) is 4.47. The number of ether oxygens (including phenoxy) is 1. The van der Waals surface area contributed by atoms with Crippen molar-refractivity contribution in [1.82, 2.24) is 4.98 Å². The van der Waals surface area contributed by atoms with E-state index in [4.69, 9.17) is 4.74 Å². The van der Waals surface area contributed by atoms with E-state index in [1.54, 1.807) is 13.3 Å². The Hall–Kier alpha value is -1.81. The van der Waals surface area contributed by atoms with Gasteiger partial charge >= 0.3 is 0 Å². The van der Waals surface area contributed by atoms with Gasteiger partial charge in [-0.1, -0.05) is 32.9 Å². The van der Waals surface area contributed by atoms with Gasteiger partial charge in [0.1, 0.15) is 11.6 Å². The van der Waals surface area contributed by atoms with E-state index in [1.165, 1.54) is 0 Å². The van der Waals surface area contributed by atoms with Gasteiger partial charge in [-0.05, 0) is 24.0 Å². The minimum absolute atomic E-state index is 0.0332. The number of methoxy groups -OCH3 is 1. The van der Waals surface area contributed by atoms with Gasteiger partial charge in [0.15, 0.2) is 0 Å². The molecule has 0 fully saturated rings. The van der Waals surface area contributed by atoms with Crippen molar-refractivity contribution in [2.45, 2.75) is 33.2 Å². The summed E-state index contributed by atoms with van der Waals surface area (Å²) < 4.78 is 5.41. The molecule has 1 heterocycles. The van der Waals surface area contributed by atoms with Gasteiger partial charge in [-0.25, -0.2) is 4.98 Å². The molecular weight excluding hydrogens is 264 g/mol. The van der Waals surface area contributed by atoms with Crippen molar-refractivity contribution >= 4 is 16.6 Å². The zero-order chi connectivity index (χ0) is 15.5. The smallest absolute Gasteiger partial charge is 0.134 e. The van der Waals surface area contributed by atoms with E-state index in [2.05, 4.69) is 31.1 Å². The molecule has 0 aliphatic rings. The summed E-state index contributed by atoms with van der Waals surface area (Å²) in [5, 5.41) is 14.8. The maximum atomic E-state index is 9.29. The molecule has 0 saturated heterocycles. The highest BCUT2D eigenvalue weighted by molar-refractivity contribution is 5.95. The number of pyridine rings is 1. The lowest BCUT2D eigenvalue weighted by atomic mass is 9.85. The Labute approximate surface area is 126 Å². The second-order valence-electron chi connectivity index (χ2n) is 6.29. The first-order chi connectivity index (χ1) is 9.97. The van der Waals surface area contributed by atoms with Crippen molar-refractivity contribution in [3.05, 3.63) is 30.5 Å². The van der Waals surface area contributed by atoms with Gasteiger partial charge in [0.2, 0.25) is 0 Å². The molecule has 2 rings (SSSR count). The topological polar surface area (TPSA) is 54.4 Å². The summed E-state index contributed by atoms with van der Waals surface area (Å²) >= 11 is 0. The average molecular weight is 288 g/mol. The lowest BCUT2D eigenvalue weighted by Gasteiger charge is -2.32. The van der Waals surface area contributed by atoms with Crippen LogP contribution in [-0.2, 0) is 0 Å². The largest absolute Gasteiger partial charge is 0.496 e. The van der Waals surface area contributed by atoms with Crippen LogP contribution in [0, 0.1) is 5.41 Å². The van der Waals surface area contributed by atoms with Gasteiger partial charge < -0.3 is 15.2 Å². The van der Waals surface area contributed by atoms with E-state index in [-0.39, 0.29) is 18.1 Å². The highest BCUT2D eigenvalue weighted by Gasteiger charge is 2.25. The molecule has 1 atom stereocenters. The minimum atomic E-state index is 0.0332. The predicted octanol–water partition coefficient (Wildman–Crippen LogP) is 3.45. The van der Waals surface area contributed by atoms with Crippen LogP contribution in [0.15, 0.2) is 30.5 Å². The van der Waals surface area contributed by atoms with E-state index in [1.807, 2.05) is 24.3 Å². The molecule has 1 aromatic heterocycles. The Bertz CT molecular complexity index is 605. The first-order valence-corrected chi connectivity index (χ1v) is 7.26. The van der Waals surface area contributed by atoms with E-state index in [0.717, 1.165) is 22.3 Å². The molecule has 2 aromatic rings.